The summed E-state index contributed by atoms with van der Waals surface area (Å²) in [6.45, 7) is 2.50. The highest BCUT2D eigenvalue weighted by Crippen LogP contribution is 2.14. The van der Waals surface area contributed by atoms with E-state index in [0.717, 1.165) is 0 Å². The number of carbonyl (C=O) groups excluding carboxylic acids is 1. The molecule has 1 rings (SSSR count). The summed E-state index contributed by atoms with van der Waals surface area (Å²) < 4.78 is 36.5. The minimum Gasteiger partial charge on any atom is -0.475 e. The molecule has 1 unspecified atom stereocenters. The molecule has 0 saturated carbocycles. The number of amides is 1. The van der Waals surface area contributed by atoms with Crippen LogP contribution in [0, 0.1) is 0 Å². The molecule has 1 heterocycles. The van der Waals surface area contributed by atoms with Crippen LogP contribution in [-0.2, 0) is 26.1 Å². The van der Waals surface area contributed by atoms with Gasteiger partial charge in [-0.25, -0.2) is 18.1 Å². The molecule has 1 atom stereocenters. The van der Waals surface area contributed by atoms with Crippen LogP contribution in [0.15, 0.2) is 18.3 Å². The summed E-state index contributed by atoms with van der Waals surface area (Å²) in [7, 11) is -1.89. The van der Waals surface area contributed by atoms with Crippen LogP contribution in [0.1, 0.15) is 18.9 Å². The molecule has 1 aromatic heterocycles. The van der Waals surface area contributed by atoms with Gasteiger partial charge in [0.25, 0.3) is 0 Å². The molecule has 0 aromatic carbocycles. The summed E-state index contributed by atoms with van der Waals surface area (Å²) in [5.74, 6) is 0.640. The second-order valence-corrected chi connectivity index (χ2v) is 8.41. The van der Waals surface area contributed by atoms with Gasteiger partial charge in [-0.3, -0.25) is 4.79 Å². The number of ether oxygens (including phenoxy) is 2. The molecule has 0 radical (unpaired) electrons. The SMILES string of the molecule is CCS(=O)(=O)NC(CCSC)C(=O)NCc1cccnc1OCCOC. The highest BCUT2D eigenvalue weighted by molar-refractivity contribution is 7.98. The van der Waals surface area contributed by atoms with Gasteiger partial charge in [-0.1, -0.05) is 6.07 Å². The van der Waals surface area contributed by atoms with Crippen LogP contribution in [0.25, 0.3) is 0 Å². The predicted molar refractivity (Wildman–Crippen MR) is 103 cm³/mol. The fraction of sp³-hybridized carbons (Fsp3) is 0.625. The summed E-state index contributed by atoms with van der Waals surface area (Å²) >= 11 is 1.55. The van der Waals surface area contributed by atoms with Crippen molar-refractivity contribution in [1.82, 2.24) is 15.0 Å². The number of nitrogens with one attached hydrogen (secondary N) is 2. The van der Waals surface area contributed by atoms with Gasteiger partial charge >= 0.3 is 0 Å². The largest absolute Gasteiger partial charge is 0.475 e. The molecule has 0 saturated heterocycles. The van der Waals surface area contributed by atoms with Crippen LogP contribution < -0.4 is 14.8 Å². The first-order chi connectivity index (χ1) is 12.4. The molecule has 0 aliphatic carbocycles. The van der Waals surface area contributed by atoms with Crippen molar-refractivity contribution in [1.29, 1.82) is 0 Å². The van der Waals surface area contributed by atoms with E-state index in [-0.39, 0.29) is 18.2 Å². The molecule has 1 aromatic rings. The molecular formula is C16H27N3O5S2. The first-order valence-corrected chi connectivity index (χ1v) is 11.3. The van der Waals surface area contributed by atoms with E-state index in [4.69, 9.17) is 9.47 Å². The summed E-state index contributed by atoms with van der Waals surface area (Å²) in [5.41, 5.74) is 0.707. The second-order valence-electron chi connectivity index (χ2n) is 5.38. The first-order valence-electron chi connectivity index (χ1n) is 8.25. The van der Waals surface area contributed by atoms with Gasteiger partial charge in [-0.2, -0.15) is 11.8 Å². The Bertz CT molecular complexity index is 655. The van der Waals surface area contributed by atoms with E-state index in [1.165, 1.54) is 6.92 Å². The summed E-state index contributed by atoms with van der Waals surface area (Å²) in [6.07, 6.45) is 3.92. The average Bonchev–Trinajstić information content (AvgIpc) is 2.64. The molecule has 2 N–H and O–H groups in total. The first kappa shape index (κ1) is 22.7. The van der Waals surface area contributed by atoms with E-state index in [9.17, 15) is 13.2 Å². The van der Waals surface area contributed by atoms with Crippen molar-refractivity contribution in [3.63, 3.8) is 0 Å². The Morgan fingerprint density at radius 3 is 2.81 bits per heavy atom. The molecule has 1 amide bonds. The molecule has 8 nitrogen and oxygen atoms in total. The summed E-state index contributed by atoms with van der Waals surface area (Å²) in [5, 5.41) is 2.76. The number of aromatic nitrogens is 1. The Kier molecular flexibility index (Phi) is 10.6. The quantitative estimate of drug-likeness (QED) is 0.467. The van der Waals surface area contributed by atoms with Gasteiger partial charge in [-0.15, -0.1) is 0 Å². The van der Waals surface area contributed by atoms with E-state index >= 15 is 0 Å². The van der Waals surface area contributed by atoms with E-state index in [0.29, 0.717) is 36.8 Å². The maximum Gasteiger partial charge on any atom is 0.238 e. The van der Waals surface area contributed by atoms with Gasteiger partial charge in [0.15, 0.2) is 0 Å². The minimum atomic E-state index is -3.47. The monoisotopic (exact) mass is 405 g/mol. The molecule has 0 aliphatic heterocycles. The number of hydrogen-bond acceptors (Lipinski definition) is 7. The van der Waals surface area contributed by atoms with E-state index < -0.39 is 16.1 Å². The molecule has 10 heteroatoms. The number of nitrogens with zero attached hydrogens (tertiary/aromatic N) is 1. The lowest BCUT2D eigenvalue weighted by Crippen LogP contribution is -2.47. The third-order valence-electron chi connectivity index (χ3n) is 3.46. The molecule has 0 fully saturated rings. The lowest BCUT2D eigenvalue weighted by atomic mass is 10.2. The Morgan fingerprint density at radius 2 is 2.15 bits per heavy atom. The highest BCUT2D eigenvalue weighted by Gasteiger charge is 2.23. The number of carbonyl (C=O) groups is 1. The van der Waals surface area contributed by atoms with Gasteiger partial charge < -0.3 is 14.8 Å². The van der Waals surface area contributed by atoms with Crippen LogP contribution in [-0.4, -0.2) is 63.4 Å². The third kappa shape index (κ3) is 8.35. The molecule has 0 spiro atoms. The highest BCUT2D eigenvalue weighted by atomic mass is 32.2. The van der Waals surface area contributed by atoms with Gasteiger partial charge in [0, 0.05) is 25.4 Å². The molecule has 0 aliphatic rings. The van der Waals surface area contributed by atoms with Crippen LogP contribution in [0.5, 0.6) is 5.88 Å². The van der Waals surface area contributed by atoms with Crippen molar-refractivity contribution in [3.8, 4) is 5.88 Å². The predicted octanol–water partition coefficient (Wildman–Crippen LogP) is 0.784. The average molecular weight is 406 g/mol. The fourth-order valence-corrected chi connectivity index (χ4v) is 3.29. The maximum absolute atomic E-state index is 12.5. The zero-order valence-electron chi connectivity index (χ0n) is 15.4. The van der Waals surface area contributed by atoms with Crippen molar-refractivity contribution >= 4 is 27.7 Å². The van der Waals surface area contributed by atoms with Crippen molar-refractivity contribution in [3.05, 3.63) is 23.9 Å². The van der Waals surface area contributed by atoms with E-state index in [1.54, 1.807) is 37.2 Å². The van der Waals surface area contributed by atoms with Crippen molar-refractivity contribution in [2.75, 3.05) is 38.1 Å². The number of hydrogen-bond donors (Lipinski definition) is 2. The van der Waals surface area contributed by atoms with Crippen molar-refractivity contribution < 1.29 is 22.7 Å². The molecule has 0 bridgehead atoms. The molecule has 148 valence electrons. The Morgan fingerprint density at radius 1 is 1.38 bits per heavy atom. The van der Waals surface area contributed by atoms with E-state index in [1.807, 2.05) is 6.26 Å². The van der Waals surface area contributed by atoms with Crippen LogP contribution in [0.4, 0.5) is 0 Å². The zero-order chi connectivity index (χ0) is 19.4. The van der Waals surface area contributed by atoms with Crippen molar-refractivity contribution in [2.45, 2.75) is 25.9 Å². The fourth-order valence-electron chi connectivity index (χ4n) is 2.00. The molecule has 26 heavy (non-hydrogen) atoms. The number of sulfonamides is 1. The summed E-state index contributed by atoms with van der Waals surface area (Å²) in [4.78, 5) is 16.6. The second kappa shape index (κ2) is 12.1. The van der Waals surface area contributed by atoms with Crippen LogP contribution in [0.2, 0.25) is 0 Å². The van der Waals surface area contributed by atoms with Crippen LogP contribution in [0.3, 0.4) is 0 Å². The lowest BCUT2D eigenvalue weighted by Gasteiger charge is -2.18. The number of thioether (sulfide) groups is 1. The number of rotatable bonds is 13. The smallest absolute Gasteiger partial charge is 0.238 e. The van der Waals surface area contributed by atoms with Crippen molar-refractivity contribution in [2.24, 2.45) is 0 Å². The summed E-state index contributed by atoms with van der Waals surface area (Å²) in [6, 6.07) is 2.74. The van der Waals surface area contributed by atoms with E-state index in [2.05, 4.69) is 15.0 Å². The van der Waals surface area contributed by atoms with Gasteiger partial charge in [0.05, 0.1) is 12.4 Å². The third-order valence-corrected chi connectivity index (χ3v) is 5.51. The lowest BCUT2D eigenvalue weighted by molar-refractivity contribution is -0.122. The minimum absolute atomic E-state index is 0.0733. The Balaban J connectivity index is 2.72. The Hall–Kier alpha value is -1.36. The number of pyridine rings is 1. The van der Waals surface area contributed by atoms with Gasteiger partial charge in [-0.05, 0) is 31.4 Å². The number of methoxy groups -OCH3 is 1. The normalized spacial score (nSPS) is 12.6. The topological polar surface area (TPSA) is 107 Å². The van der Waals surface area contributed by atoms with Gasteiger partial charge in [0.1, 0.15) is 12.6 Å². The van der Waals surface area contributed by atoms with Crippen LogP contribution >= 0.6 is 11.8 Å². The Labute approximate surface area is 159 Å². The maximum atomic E-state index is 12.5. The van der Waals surface area contributed by atoms with Gasteiger partial charge in [0.2, 0.25) is 21.8 Å². The standard InChI is InChI=1S/C16H27N3O5S2/c1-4-26(21,22)19-14(7-11-25-3)15(20)18-12-13-6-5-8-17-16(13)24-10-9-23-2/h5-6,8,14,19H,4,7,9-12H2,1-3H3,(H,18,20). The zero-order valence-corrected chi connectivity index (χ0v) is 17.0. The molecular weight excluding hydrogens is 378 g/mol.